The van der Waals surface area contributed by atoms with Crippen LogP contribution in [0.25, 0.3) is 6.08 Å². The Morgan fingerprint density at radius 1 is 0.765 bits per heavy atom. The molecule has 0 unspecified atom stereocenters. The summed E-state index contributed by atoms with van der Waals surface area (Å²) in [5.41, 5.74) is 0.858. The average molecular weight is 458 g/mol. The quantitative estimate of drug-likeness (QED) is 0.313. The number of rotatable bonds is 8. The van der Waals surface area contributed by atoms with Crippen molar-refractivity contribution >= 4 is 29.6 Å². The van der Waals surface area contributed by atoms with Gasteiger partial charge in [-0.3, -0.25) is 14.9 Å². The third-order valence-corrected chi connectivity index (χ3v) is 4.99. The fourth-order valence-corrected chi connectivity index (χ4v) is 3.29. The standard InChI is InChI=1S/C26H22N2O6/c1-32-20-11-13-22(14-12-20)34-16-15-33-21-9-7-18(8-10-21)17-23-24(29)27-26(31)28(25(23)30)19-5-3-2-4-6-19/h2-14,17H,15-16H2,1H3,(H,27,29,31)/b23-17-. The Labute approximate surface area is 196 Å². The lowest BCUT2D eigenvalue weighted by atomic mass is 10.1. The van der Waals surface area contributed by atoms with Crippen LogP contribution in [0.4, 0.5) is 10.5 Å². The van der Waals surface area contributed by atoms with E-state index in [0.29, 0.717) is 36.0 Å². The van der Waals surface area contributed by atoms with Gasteiger partial charge in [0.25, 0.3) is 11.8 Å². The summed E-state index contributed by atoms with van der Waals surface area (Å²) in [7, 11) is 1.60. The molecule has 1 N–H and O–H groups in total. The number of carbonyl (C=O) groups is 3. The summed E-state index contributed by atoms with van der Waals surface area (Å²) in [6.07, 6.45) is 1.44. The second-order valence-electron chi connectivity index (χ2n) is 7.23. The van der Waals surface area contributed by atoms with Crippen molar-refractivity contribution in [2.24, 2.45) is 0 Å². The van der Waals surface area contributed by atoms with Gasteiger partial charge in [0, 0.05) is 0 Å². The van der Waals surface area contributed by atoms with Crippen LogP contribution in [0.15, 0.2) is 84.4 Å². The highest BCUT2D eigenvalue weighted by molar-refractivity contribution is 6.39. The molecule has 0 aromatic heterocycles. The van der Waals surface area contributed by atoms with Gasteiger partial charge < -0.3 is 14.2 Å². The zero-order chi connectivity index (χ0) is 23.9. The van der Waals surface area contributed by atoms with Crippen LogP contribution in [-0.2, 0) is 9.59 Å². The number of benzene rings is 3. The van der Waals surface area contributed by atoms with E-state index >= 15 is 0 Å². The van der Waals surface area contributed by atoms with Gasteiger partial charge in [-0.15, -0.1) is 0 Å². The first-order valence-corrected chi connectivity index (χ1v) is 10.5. The number of imide groups is 2. The maximum Gasteiger partial charge on any atom is 0.335 e. The Morgan fingerprint density at radius 2 is 1.32 bits per heavy atom. The number of amides is 4. The minimum absolute atomic E-state index is 0.134. The normalized spacial score (nSPS) is 14.7. The fourth-order valence-electron chi connectivity index (χ4n) is 3.29. The summed E-state index contributed by atoms with van der Waals surface area (Å²) >= 11 is 0. The summed E-state index contributed by atoms with van der Waals surface area (Å²) < 4.78 is 16.4. The molecule has 8 nitrogen and oxygen atoms in total. The Hall–Kier alpha value is -4.59. The summed E-state index contributed by atoms with van der Waals surface area (Å²) in [6.45, 7) is 0.692. The molecule has 34 heavy (non-hydrogen) atoms. The maximum absolute atomic E-state index is 12.9. The molecule has 0 spiro atoms. The SMILES string of the molecule is COc1ccc(OCCOc2ccc(/C=C3/C(=O)NC(=O)N(c4ccccc4)C3=O)cc2)cc1. The average Bonchev–Trinajstić information content (AvgIpc) is 2.86. The topological polar surface area (TPSA) is 94.2 Å². The number of hydrogen-bond acceptors (Lipinski definition) is 6. The molecule has 1 aliphatic rings. The highest BCUT2D eigenvalue weighted by atomic mass is 16.5. The van der Waals surface area contributed by atoms with Gasteiger partial charge in [0.2, 0.25) is 0 Å². The number of anilines is 1. The second-order valence-corrected chi connectivity index (χ2v) is 7.23. The van der Waals surface area contributed by atoms with E-state index in [1.807, 2.05) is 24.3 Å². The number of nitrogens with zero attached hydrogens (tertiary/aromatic N) is 1. The minimum atomic E-state index is -0.779. The largest absolute Gasteiger partial charge is 0.497 e. The van der Waals surface area contributed by atoms with Crippen LogP contribution in [0, 0.1) is 0 Å². The van der Waals surface area contributed by atoms with E-state index in [2.05, 4.69) is 5.32 Å². The third-order valence-electron chi connectivity index (χ3n) is 4.99. The van der Waals surface area contributed by atoms with Crippen molar-refractivity contribution in [1.29, 1.82) is 0 Å². The number of urea groups is 1. The van der Waals surface area contributed by atoms with Crippen LogP contribution in [0.2, 0.25) is 0 Å². The van der Waals surface area contributed by atoms with Crippen LogP contribution in [0.5, 0.6) is 17.2 Å². The zero-order valence-corrected chi connectivity index (χ0v) is 18.4. The number of hydrogen-bond donors (Lipinski definition) is 1. The van der Waals surface area contributed by atoms with Crippen LogP contribution in [-0.4, -0.2) is 38.2 Å². The monoisotopic (exact) mass is 458 g/mol. The van der Waals surface area contributed by atoms with Crippen LogP contribution in [0.1, 0.15) is 5.56 Å². The van der Waals surface area contributed by atoms with Crippen molar-refractivity contribution < 1.29 is 28.6 Å². The number of para-hydroxylation sites is 1. The van der Waals surface area contributed by atoms with E-state index in [9.17, 15) is 14.4 Å². The molecule has 0 saturated carbocycles. The number of ether oxygens (including phenoxy) is 3. The molecular weight excluding hydrogens is 436 g/mol. The molecule has 0 atom stereocenters. The van der Waals surface area contributed by atoms with Crippen molar-refractivity contribution in [3.63, 3.8) is 0 Å². The first-order valence-electron chi connectivity index (χ1n) is 10.5. The summed E-state index contributed by atoms with van der Waals surface area (Å²) in [5, 5.41) is 2.21. The Balaban J connectivity index is 1.37. The van der Waals surface area contributed by atoms with E-state index in [-0.39, 0.29) is 5.57 Å². The van der Waals surface area contributed by atoms with Gasteiger partial charge in [0.15, 0.2) is 0 Å². The van der Waals surface area contributed by atoms with Crippen molar-refractivity contribution in [2.45, 2.75) is 0 Å². The number of barbiturate groups is 1. The van der Waals surface area contributed by atoms with Crippen LogP contribution < -0.4 is 24.4 Å². The molecule has 8 heteroatoms. The lowest BCUT2D eigenvalue weighted by molar-refractivity contribution is -0.122. The lowest BCUT2D eigenvalue weighted by Crippen LogP contribution is -2.54. The first kappa shape index (κ1) is 22.6. The van der Waals surface area contributed by atoms with Crippen LogP contribution in [0.3, 0.4) is 0 Å². The van der Waals surface area contributed by atoms with Gasteiger partial charge in [-0.25, -0.2) is 9.69 Å². The van der Waals surface area contributed by atoms with Gasteiger partial charge in [-0.1, -0.05) is 30.3 Å². The van der Waals surface area contributed by atoms with Crippen molar-refractivity contribution in [2.75, 3.05) is 25.2 Å². The summed E-state index contributed by atoms with van der Waals surface area (Å²) in [6, 6.07) is 21.8. The van der Waals surface area contributed by atoms with Gasteiger partial charge in [0.1, 0.15) is 36.0 Å². The molecule has 1 aliphatic heterocycles. The predicted octanol–water partition coefficient (Wildman–Crippen LogP) is 3.82. The molecule has 1 heterocycles. The molecule has 4 amide bonds. The van der Waals surface area contributed by atoms with Gasteiger partial charge >= 0.3 is 6.03 Å². The number of nitrogens with one attached hydrogen (secondary N) is 1. The van der Waals surface area contributed by atoms with Crippen molar-refractivity contribution in [3.8, 4) is 17.2 Å². The van der Waals surface area contributed by atoms with Crippen LogP contribution >= 0.6 is 0 Å². The fraction of sp³-hybridized carbons (Fsp3) is 0.115. The highest BCUT2D eigenvalue weighted by Gasteiger charge is 2.36. The molecule has 3 aromatic rings. The Bertz CT molecular complexity index is 1200. The van der Waals surface area contributed by atoms with Gasteiger partial charge in [-0.2, -0.15) is 0 Å². The van der Waals surface area contributed by atoms with E-state index in [4.69, 9.17) is 14.2 Å². The van der Waals surface area contributed by atoms with Gasteiger partial charge in [0.05, 0.1) is 12.8 Å². The Morgan fingerprint density at radius 3 is 1.91 bits per heavy atom. The van der Waals surface area contributed by atoms with Crippen molar-refractivity contribution in [3.05, 3.63) is 90.0 Å². The third kappa shape index (κ3) is 5.24. The molecule has 3 aromatic carbocycles. The molecule has 0 aliphatic carbocycles. The van der Waals surface area contributed by atoms with E-state index < -0.39 is 17.8 Å². The van der Waals surface area contributed by atoms with Crippen molar-refractivity contribution in [1.82, 2.24) is 5.32 Å². The van der Waals surface area contributed by atoms with E-state index in [1.165, 1.54) is 6.08 Å². The number of carbonyl (C=O) groups excluding carboxylic acids is 3. The molecule has 172 valence electrons. The minimum Gasteiger partial charge on any atom is -0.497 e. The first-order chi connectivity index (χ1) is 16.5. The lowest BCUT2D eigenvalue weighted by Gasteiger charge is -2.26. The van der Waals surface area contributed by atoms with E-state index in [0.717, 1.165) is 10.6 Å². The highest BCUT2D eigenvalue weighted by Crippen LogP contribution is 2.22. The molecule has 4 rings (SSSR count). The molecule has 0 radical (unpaired) electrons. The summed E-state index contributed by atoms with van der Waals surface area (Å²) in [4.78, 5) is 38.3. The molecule has 1 fully saturated rings. The van der Waals surface area contributed by atoms with Gasteiger partial charge in [-0.05, 0) is 60.2 Å². The molecular formula is C26H22N2O6. The zero-order valence-electron chi connectivity index (χ0n) is 18.4. The smallest absolute Gasteiger partial charge is 0.335 e. The molecule has 1 saturated heterocycles. The molecule has 0 bridgehead atoms. The number of methoxy groups -OCH3 is 1. The predicted molar refractivity (Wildman–Crippen MR) is 126 cm³/mol. The summed E-state index contributed by atoms with van der Waals surface area (Å²) in [5.74, 6) is 0.658. The maximum atomic E-state index is 12.9. The van der Waals surface area contributed by atoms with E-state index in [1.54, 1.807) is 61.7 Å². The second kappa shape index (κ2) is 10.4. The Kier molecular flexibility index (Phi) is 6.88.